The van der Waals surface area contributed by atoms with Crippen molar-refractivity contribution in [1.82, 2.24) is 0 Å². The van der Waals surface area contributed by atoms with Gasteiger partial charge in [0.15, 0.2) is 0 Å². The summed E-state index contributed by atoms with van der Waals surface area (Å²) in [6.07, 6.45) is -3.46. The third-order valence-electron chi connectivity index (χ3n) is 4.23. The minimum Gasteiger partial charge on any atom is -0.324 e. The standard InChI is InChI=1S/C19H16ClF3N2O2/c20-15-7-6-14(25-8-2-5-18(25)27)11-16(15)24-17(26)10-12-3-1-4-13(9-12)19(21,22)23/h1,3-4,6-7,9,11H,2,5,8,10H2,(H,24,26). The van der Waals surface area contributed by atoms with Gasteiger partial charge in [-0.1, -0.05) is 29.8 Å². The van der Waals surface area contributed by atoms with Crippen LogP contribution < -0.4 is 10.2 Å². The first-order valence-corrected chi connectivity index (χ1v) is 8.68. The molecular weight excluding hydrogens is 381 g/mol. The summed E-state index contributed by atoms with van der Waals surface area (Å²) in [5, 5.41) is 2.89. The average molecular weight is 397 g/mol. The van der Waals surface area contributed by atoms with Crippen LogP contribution in [0.4, 0.5) is 24.5 Å². The number of carbonyl (C=O) groups excluding carboxylic acids is 2. The fourth-order valence-corrected chi connectivity index (χ4v) is 3.10. The molecule has 142 valence electrons. The summed E-state index contributed by atoms with van der Waals surface area (Å²) >= 11 is 6.10. The molecule has 0 aliphatic carbocycles. The molecular formula is C19H16ClF3N2O2. The number of nitrogens with zero attached hydrogens (tertiary/aromatic N) is 1. The quantitative estimate of drug-likeness (QED) is 0.816. The Hall–Kier alpha value is -2.54. The molecule has 1 aliphatic heterocycles. The van der Waals surface area contributed by atoms with Crippen LogP contribution in [0.5, 0.6) is 0 Å². The Bertz CT molecular complexity index is 883. The molecule has 2 amide bonds. The molecule has 2 aromatic rings. The summed E-state index contributed by atoms with van der Waals surface area (Å²) in [5.41, 5.74) is 0.367. The van der Waals surface area contributed by atoms with Gasteiger partial charge in [-0.15, -0.1) is 0 Å². The van der Waals surface area contributed by atoms with Crippen LogP contribution in [0.3, 0.4) is 0 Å². The van der Waals surface area contributed by atoms with Gasteiger partial charge in [0.1, 0.15) is 0 Å². The zero-order valence-corrected chi connectivity index (χ0v) is 14.9. The summed E-state index contributed by atoms with van der Waals surface area (Å²) in [6, 6.07) is 9.47. The molecule has 0 saturated carbocycles. The van der Waals surface area contributed by atoms with E-state index in [4.69, 9.17) is 11.6 Å². The number of halogens is 4. The van der Waals surface area contributed by atoms with Crippen LogP contribution in [0.1, 0.15) is 24.0 Å². The molecule has 3 rings (SSSR count). The van der Waals surface area contributed by atoms with Gasteiger partial charge in [0.05, 0.1) is 22.7 Å². The van der Waals surface area contributed by atoms with Gasteiger partial charge < -0.3 is 10.2 Å². The molecule has 0 radical (unpaired) electrons. The highest BCUT2D eigenvalue weighted by Crippen LogP contribution is 2.31. The first kappa shape index (κ1) is 19.2. The van der Waals surface area contributed by atoms with E-state index in [9.17, 15) is 22.8 Å². The second kappa shape index (κ2) is 7.60. The Balaban J connectivity index is 1.73. The highest BCUT2D eigenvalue weighted by molar-refractivity contribution is 6.33. The van der Waals surface area contributed by atoms with E-state index in [-0.39, 0.29) is 22.9 Å². The normalized spacial score (nSPS) is 14.5. The predicted octanol–water partition coefficient (Wildman–Crippen LogP) is 4.67. The van der Waals surface area contributed by atoms with Crippen LogP contribution in [0.15, 0.2) is 42.5 Å². The van der Waals surface area contributed by atoms with Crippen molar-refractivity contribution in [2.24, 2.45) is 0 Å². The lowest BCUT2D eigenvalue weighted by atomic mass is 10.1. The second-order valence-corrected chi connectivity index (χ2v) is 6.64. The molecule has 0 spiro atoms. The Labute approximate surface area is 158 Å². The highest BCUT2D eigenvalue weighted by atomic mass is 35.5. The van der Waals surface area contributed by atoms with Gasteiger partial charge in [0, 0.05) is 18.7 Å². The Morgan fingerprint density at radius 3 is 2.63 bits per heavy atom. The van der Waals surface area contributed by atoms with E-state index in [2.05, 4.69) is 5.32 Å². The number of hydrogen-bond acceptors (Lipinski definition) is 2. The maximum atomic E-state index is 12.8. The van der Waals surface area contributed by atoms with Crippen LogP contribution in [0, 0.1) is 0 Å². The smallest absolute Gasteiger partial charge is 0.324 e. The summed E-state index contributed by atoms with van der Waals surface area (Å²) in [4.78, 5) is 25.7. The van der Waals surface area contributed by atoms with Crippen LogP contribution in [0.25, 0.3) is 0 Å². The van der Waals surface area contributed by atoms with Gasteiger partial charge in [0.2, 0.25) is 11.8 Å². The van der Waals surface area contributed by atoms with Crippen molar-refractivity contribution in [3.8, 4) is 0 Å². The molecule has 1 aliphatic rings. The lowest BCUT2D eigenvalue weighted by molar-refractivity contribution is -0.137. The van der Waals surface area contributed by atoms with E-state index >= 15 is 0 Å². The van der Waals surface area contributed by atoms with E-state index in [1.165, 1.54) is 12.1 Å². The SMILES string of the molecule is O=C(Cc1cccc(C(F)(F)F)c1)Nc1cc(N2CCCC2=O)ccc1Cl. The first-order valence-electron chi connectivity index (χ1n) is 8.30. The van der Waals surface area contributed by atoms with Crippen molar-refractivity contribution in [1.29, 1.82) is 0 Å². The molecule has 0 atom stereocenters. The zero-order chi connectivity index (χ0) is 19.6. The highest BCUT2D eigenvalue weighted by Gasteiger charge is 2.30. The number of amides is 2. The minimum absolute atomic E-state index is 0.00133. The lowest BCUT2D eigenvalue weighted by Crippen LogP contribution is -2.24. The van der Waals surface area contributed by atoms with Gasteiger partial charge in [0.25, 0.3) is 0 Å². The van der Waals surface area contributed by atoms with Crippen molar-refractivity contribution >= 4 is 34.8 Å². The number of anilines is 2. The van der Waals surface area contributed by atoms with Gasteiger partial charge in [-0.05, 0) is 36.2 Å². The van der Waals surface area contributed by atoms with E-state index < -0.39 is 17.6 Å². The third-order valence-corrected chi connectivity index (χ3v) is 4.56. The zero-order valence-electron chi connectivity index (χ0n) is 14.1. The third kappa shape index (κ3) is 4.60. The topological polar surface area (TPSA) is 49.4 Å². The Morgan fingerprint density at radius 1 is 1.19 bits per heavy atom. The molecule has 8 heteroatoms. The van der Waals surface area contributed by atoms with Gasteiger partial charge >= 0.3 is 6.18 Å². The number of carbonyl (C=O) groups is 2. The maximum Gasteiger partial charge on any atom is 0.416 e. The van der Waals surface area contributed by atoms with E-state index in [0.29, 0.717) is 24.3 Å². The average Bonchev–Trinajstić information content (AvgIpc) is 3.02. The van der Waals surface area contributed by atoms with E-state index in [1.54, 1.807) is 23.1 Å². The Morgan fingerprint density at radius 2 is 1.96 bits per heavy atom. The van der Waals surface area contributed by atoms with Crippen LogP contribution in [-0.4, -0.2) is 18.4 Å². The van der Waals surface area contributed by atoms with Gasteiger partial charge in [-0.25, -0.2) is 0 Å². The number of alkyl halides is 3. The van der Waals surface area contributed by atoms with E-state index in [0.717, 1.165) is 18.6 Å². The van der Waals surface area contributed by atoms with Crippen molar-refractivity contribution in [2.45, 2.75) is 25.4 Å². The predicted molar refractivity (Wildman–Crippen MR) is 96.8 cm³/mol. The van der Waals surface area contributed by atoms with Crippen LogP contribution in [-0.2, 0) is 22.2 Å². The summed E-state index contributed by atoms with van der Waals surface area (Å²) in [6.45, 7) is 0.595. The monoisotopic (exact) mass is 396 g/mol. The molecule has 27 heavy (non-hydrogen) atoms. The number of nitrogens with one attached hydrogen (secondary N) is 1. The molecule has 2 aromatic carbocycles. The molecule has 0 aromatic heterocycles. The van der Waals surface area contributed by atoms with Crippen molar-refractivity contribution in [3.05, 3.63) is 58.6 Å². The fourth-order valence-electron chi connectivity index (χ4n) is 2.94. The molecule has 1 saturated heterocycles. The van der Waals surface area contributed by atoms with Gasteiger partial charge in [-0.2, -0.15) is 13.2 Å². The molecule has 1 fully saturated rings. The lowest BCUT2D eigenvalue weighted by Gasteiger charge is -2.17. The molecule has 1 heterocycles. The summed E-state index contributed by atoms with van der Waals surface area (Å²) < 4.78 is 38.3. The van der Waals surface area contributed by atoms with Crippen molar-refractivity contribution in [3.63, 3.8) is 0 Å². The van der Waals surface area contributed by atoms with Crippen molar-refractivity contribution in [2.75, 3.05) is 16.8 Å². The maximum absolute atomic E-state index is 12.8. The summed E-state index contributed by atoms with van der Waals surface area (Å²) in [5.74, 6) is -0.500. The number of hydrogen-bond donors (Lipinski definition) is 1. The number of benzene rings is 2. The minimum atomic E-state index is -4.47. The Kier molecular flexibility index (Phi) is 5.41. The largest absolute Gasteiger partial charge is 0.416 e. The molecule has 0 unspecified atom stereocenters. The molecule has 4 nitrogen and oxygen atoms in total. The molecule has 0 bridgehead atoms. The van der Waals surface area contributed by atoms with Gasteiger partial charge in [-0.3, -0.25) is 9.59 Å². The fraction of sp³-hybridized carbons (Fsp3) is 0.263. The molecule has 1 N–H and O–H groups in total. The first-order chi connectivity index (χ1) is 12.7. The van der Waals surface area contributed by atoms with Crippen molar-refractivity contribution < 1.29 is 22.8 Å². The second-order valence-electron chi connectivity index (χ2n) is 6.24. The van der Waals surface area contributed by atoms with Crippen LogP contribution in [0.2, 0.25) is 5.02 Å². The number of rotatable bonds is 4. The van der Waals surface area contributed by atoms with Crippen LogP contribution >= 0.6 is 11.6 Å². The summed E-state index contributed by atoms with van der Waals surface area (Å²) in [7, 11) is 0. The van der Waals surface area contributed by atoms with E-state index in [1.807, 2.05) is 0 Å².